The highest BCUT2D eigenvalue weighted by Crippen LogP contribution is 2.17. The highest BCUT2D eigenvalue weighted by molar-refractivity contribution is 7.92. The van der Waals surface area contributed by atoms with E-state index in [0.717, 1.165) is 0 Å². The lowest BCUT2D eigenvalue weighted by Crippen LogP contribution is -2.30. The van der Waals surface area contributed by atoms with Crippen LogP contribution < -0.4 is 10.0 Å². The van der Waals surface area contributed by atoms with Gasteiger partial charge >= 0.3 is 5.97 Å². The Kier molecular flexibility index (Phi) is 6.30. The molecular formula is C18H18N2O6S. The number of carbonyl (C=O) groups excluding carboxylic acids is 3. The molecular weight excluding hydrogens is 372 g/mol. The van der Waals surface area contributed by atoms with Gasteiger partial charge in [0.1, 0.15) is 6.54 Å². The van der Waals surface area contributed by atoms with Crippen molar-refractivity contribution >= 4 is 33.4 Å². The van der Waals surface area contributed by atoms with Crippen molar-refractivity contribution in [3.05, 3.63) is 59.7 Å². The largest absolute Gasteiger partial charge is 0.468 e. The molecule has 2 N–H and O–H groups in total. The third kappa shape index (κ3) is 5.38. The number of rotatable bonds is 7. The first kappa shape index (κ1) is 20.1. The lowest BCUT2D eigenvalue weighted by atomic mass is 10.2. The van der Waals surface area contributed by atoms with Gasteiger partial charge in [-0.05, 0) is 43.3 Å². The third-order valence-electron chi connectivity index (χ3n) is 3.59. The fourth-order valence-corrected chi connectivity index (χ4v) is 3.16. The van der Waals surface area contributed by atoms with Crippen molar-refractivity contribution in [3.63, 3.8) is 0 Å². The molecule has 0 atom stereocenters. The van der Waals surface area contributed by atoms with E-state index >= 15 is 0 Å². The average molecular weight is 390 g/mol. The number of nitrogens with one attached hydrogen (secondary N) is 2. The Morgan fingerprint density at radius 3 is 2.00 bits per heavy atom. The SMILES string of the molecule is COC(=O)CNC(=O)c1ccc(NS(=O)(=O)c2ccc(C(C)=O)cc2)cc1. The number of esters is 1. The maximum atomic E-state index is 12.4. The fraction of sp³-hybridized carbons (Fsp3) is 0.167. The van der Waals surface area contributed by atoms with Gasteiger partial charge in [0.05, 0.1) is 12.0 Å². The number of benzene rings is 2. The van der Waals surface area contributed by atoms with Gasteiger partial charge in [-0.2, -0.15) is 0 Å². The summed E-state index contributed by atoms with van der Waals surface area (Å²) < 4.78 is 31.6. The van der Waals surface area contributed by atoms with E-state index in [0.29, 0.717) is 5.56 Å². The van der Waals surface area contributed by atoms with Crippen LogP contribution in [0.5, 0.6) is 0 Å². The summed E-state index contributed by atoms with van der Waals surface area (Å²) in [4.78, 5) is 34.2. The molecule has 0 heterocycles. The van der Waals surface area contributed by atoms with E-state index in [-0.39, 0.29) is 28.5 Å². The van der Waals surface area contributed by atoms with Crippen LogP contribution in [-0.4, -0.2) is 39.7 Å². The Bertz CT molecular complexity index is 950. The predicted molar refractivity (Wildman–Crippen MR) is 98.0 cm³/mol. The van der Waals surface area contributed by atoms with Crippen molar-refractivity contribution in [3.8, 4) is 0 Å². The molecule has 0 aliphatic rings. The molecule has 9 heteroatoms. The summed E-state index contributed by atoms with van der Waals surface area (Å²) in [6.45, 7) is 1.13. The minimum Gasteiger partial charge on any atom is -0.468 e. The summed E-state index contributed by atoms with van der Waals surface area (Å²) in [5.74, 6) is -1.23. The van der Waals surface area contributed by atoms with Gasteiger partial charge in [-0.15, -0.1) is 0 Å². The molecule has 0 saturated carbocycles. The van der Waals surface area contributed by atoms with Crippen LogP contribution in [0.1, 0.15) is 27.6 Å². The number of sulfonamides is 1. The van der Waals surface area contributed by atoms with Crippen LogP contribution in [0.4, 0.5) is 5.69 Å². The van der Waals surface area contributed by atoms with Crippen molar-refractivity contribution in [2.24, 2.45) is 0 Å². The van der Waals surface area contributed by atoms with Crippen molar-refractivity contribution in [2.75, 3.05) is 18.4 Å². The van der Waals surface area contributed by atoms with Gasteiger partial charge in [-0.25, -0.2) is 8.42 Å². The van der Waals surface area contributed by atoms with Gasteiger partial charge in [-0.1, -0.05) is 12.1 Å². The summed E-state index contributed by atoms with van der Waals surface area (Å²) in [6, 6.07) is 11.2. The number of methoxy groups -OCH3 is 1. The topological polar surface area (TPSA) is 119 Å². The monoisotopic (exact) mass is 390 g/mol. The van der Waals surface area contributed by atoms with E-state index in [1.165, 1.54) is 62.6 Å². The number of Topliss-reactive ketones (excluding diaryl/α,β-unsaturated/α-hetero) is 1. The molecule has 0 aromatic heterocycles. The smallest absolute Gasteiger partial charge is 0.325 e. The number of carbonyl (C=O) groups is 3. The molecule has 0 saturated heterocycles. The lowest BCUT2D eigenvalue weighted by Gasteiger charge is -2.09. The van der Waals surface area contributed by atoms with Gasteiger partial charge in [0.15, 0.2) is 5.78 Å². The summed E-state index contributed by atoms with van der Waals surface area (Å²) >= 11 is 0. The van der Waals surface area contributed by atoms with Gasteiger partial charge in [0.25, 0.3) is 15.9 Å². The molecule has 2 aromatic carbocycles. The first-order chi connectivity index (χ1) is 12.7. The third-order valence-corrected chi connectivity index (χ3v) is 4.99. The van der Waals surface area contributed by atoms with Crippen LogP contribution in [0.25, 0.3) is 0 Å². The van der Waals surface area contributed by atoms with Crippen LogP contribution in [0.2, 0.25) is 0 Å². The van der Waals surface area contributed by atoms with Crippen molar-refractivity contribution < 1.29 is 27.5 Å². The van der Waals surface area contributed by atoms with Crippen molar-refractivity contribution in [2.45, 2.75) is 11.8 Å². The molecule has 0 radical (unpaired) electrons. The van der Waals surface area contributed by atoms with E-state index in [2.05, 4.69) is 14.8 Å². The van der Waals surface area contributed by atoms with E-state index in [1.807, 2.05) is 0 Å². The maximum absolute atomic E-state index is 12.4. The Hall–Kier alpha value is -3.20. The predicted octanol–water partition coefficient (Wildman–Crippen LogP) is 1.59. The lowest BCUT2D eigenvalue weighted by molar-refractivity contribution is -0.139. The number of hydrogen-bond acceptors (Lipinski definition) is 6. The highest BCUT2D eigenvalue weighted by atomic mass is 32.2. The number of anilines is 1. The minimum absolute atomic E-state index is 0.00685. The zero-order chi connectivity index (χ0) is 20.0. The van der Waals surface area contributed by atoms with Gasteiger partial charge in [0.2, 0.25) is 0 Å². The minimum atomic E-state index is -3.84. The first-order valence-corrected chi connectivity index (χ1v) is 9.30. The normalized spacial score (nSPS) is 10.7. The summed E-state index contributed by atoms with van der Waals surface area (Å²) in [5, 5.41) is 2.38. The van der Waals surface area contributed by atoms with Crippen LogP contribution in [0, 0.1) is 0 Å². The Balaban J connectivity index is 2.07. The second kappa shape index (κ2) is 8.45. The molecule has 0 fully saturated rings. The molecule has 0 unspecified atom stereocenters. The number of amides is 1. The van der Waals surface area contributed by atoms with E-state index in [1.54, 1.807) is 0 Å². The standard InChI is InChI=1S/C18H18N2O6S/c1-12(21)13-5-9-16(10-6-13)27(24,25)20-15-7-3-14(4-8-15)18(23)19-11-17(22)26-2/h3-10,20H,11H2,1-2H3,(H,19,23). The molecule has 0 aliphatic heterocycles. The summed E-state index contributed by atoms with van der Waals surface area (Å²) in [6.07, 6.45) is 0. The number of ether oxygens (including phenoxy) is 1. The molecule has 0 spiro atoms. The molecule has 142 valence electrons. The van der Waals surface area contributed by atoms with E-state index < -0.39 is 21.9 Å². The first-order valence-electron chi connectivity index (χ1n) is 7.82. The second-order valence-electron chi connectivity index (χ2n) is 5.52. The van der Waals surface area contributed by atoms with Crippen molar-refractivity contribution in [1.29, 1.82) is 0 Å². The summed E-state index contributed by atoms with van der Waals surface area (Å²) in [5.41, 5.74) is 0.930. The summed E-state index contributed by atoms with van der Waals surface area (Å²) in [7, 11) is -2.63. The molecule has 8 nitrogen and oxygen atoms in total. The molecule has 27 heavy (non-hydrogen) atoms. The number of ketones is 1. The zero-order valence-electron chi connectivity index (χ0n) is 14.7. The van der Waals surface area contributed by atoms with E-state index in [9.17, 15) is 22.8 Å². The zero-order valence-corrected chi connectivity index (χ0v) is 15.5. The van der Waals surface area contributed by atoms with Crippen LogP contribution >= 0.6 is 0 Å². The molecule has 0 bridgehead atoms. The van der Waals surface area contributed by atoms with Crippen LogP contribution in [0.3, 0.4) is 0 Å². The van der Waals surface area contributed by atoms with Crippen molar-refractivity contribution in [1.82, 2.24) is 5.32 Å². The molecule has 1 amide bonds. The maximum Gasteiger partial charge on any atom is 0.325 e. The molecule has 2 aromatic rings. The Morgan fingerprint density at radius 2 is 1.48 bits per heavy atom. The Morgan fingerprint density at radius 1 is 0.926 bits per heavy atom. The van der Waals surface area contributed by atoms with E-state index in [4.69, 9.17) is 0 Å². The number of hydrogen-bond donors (Lipinski definition) is 2. The second-order valence-corrected chi connectivity index (χ2v) is 7.20. The van der Waals surface area contributed by atoms with Gasteiger partial charge in [-0.3, -0.25) is 19.1 Å². The van der Waals surface area contributed by atoms with Crippen LogP contribution in [-0.2, 0) is 19.6 Å². The molecule has 0 aliphatic carbocycles. The quantitative estimate of drug-likeness (QED) is 0.547. The van der Waals surface area contributed by atoms with Gasteiger partial charge in [0, 0.05) is 16.8 Å². The molecule has 2 rings (SSSR count). The highest BCUT2D eigenvalue weighted by Gasteiger charge is 2.15. The van der Waals surface area contributed by atoms with Crippen LogP contribution in [0.15, 0.2) is 53.4 Å². The van der Waals surface area contributed by atoms with Gasteiger partial charge < -0.3 is 10.1 Å². The Labute approximate surface area is 156 Å². The fourth-order valence-electron chi connectivity index (χ4n) is 2.10. The average Bonchev–Trinajstić information content (AvgIpc) is 2.66.